The van der Waals surface area contributed by atoms with Crippen LogP contribution in [0.2, 0.25) is 0 Å². The minimum atomic E-state index is -0.738. The maximum atomic E-state index is 12.8. The van der Waals surface area contributed by atoms with Crippen LogP contribution in [-0.2, 0) is 20.7 Å². The van der Waals surface area contributed by atoms with E-state index in [4.69, 9.17) is 9.47 Å². The van der Waals surface area contributed by atoms with Crippen molar-refractivity contribution in [2.75, 3.05) is 26.3 Å². The zero-order chi connectivity index (χ0) is 18.4. The summed E-state index contributed by atoms with van der Waals surface area (Å²) in [4.78, 5) is 26.6. The molecule has 138 valence electrons. The van der Waals surface area contributed by atoms with Gasteiger partial charge < -0.3 is 24.8 Å². The van der Waals surface area contributed by atoms with Crippen LogP contribution in [0.4, 0.5) is 4.79 Å². The standard InChI is InChI=1S/C18H26N2O5/c1-18(2,3)25-17(23)19-15(12-13-4-6-14(21)7-5-13)16(22)20-8-10-24-11-9-20/h4-7,15,21H,8-12H2,1-3H3,(H,19,23)/t15-/m0/s1. The number of hydrogen-bond acceptors (Lipinski definition) is 5. The van der Waals surface area contributed by atoms with Gasteiger partial charge in [-0.1, -0.05) is 12.1 Å². The topological polar surface area (TPSA) is 88.1 Å². The summed E-state index contributed by atoms with van der Waals surface area (Å²) in [6.45, 7) is 7.29. The number of carbonyl (C=O) groups excluding carboxylic acids is 2. The first-order chi connectivity index (χ1) is 11.7. The average Bonchev–Trinajstić information content (AvgIpc) is 2.54. The van der Waals surface area contributed by atoms with Crippen molar-refractivity contribution >= 4 is 12.0 Å². The van der Waals surface area contributed by atoms with Gasteiger partial charge in [0.15, 0.2) is 0 Å². The summed E-state index contributed by atoms with van der Waals surface area (Å²) < 4.78 is 10.6. The van der Waals surface area contributed by atoms with Crippen LogP contribution in [0.5, 0.6) is 5.75 Å². The van der Waals surface area contributed by atoms with Gasteiger partial charge in [0.05, 0.1) is 13.2 Å². The zero-order valence-corrected chi connectivity index (χ0v) is 14.9. The van der Waals surface area contributed by atoms with Crippen LogP contribution < -0.4 is 5.32 Å². The van der Waals surface area contributed by atoms with Crippen molar-refractivity contribution in [2.45, 2.75) is 38.8 Å². The third-order valence-corrected chi connectivity index (χ3v) is 3.69. The highest BCUT2D eigenvalue weighted by atomic mass is 16.6. The number of phenols is 1. The Morgan fingerprint density at radius 3 is 2.40 bits per heavy atom. The number of nitrogens with one attached hydrogen (secondary N) is 1. The molecule has 7 heteroatoms. The molecule has 1 aromatic rings. The van der Waals surface area contributed by atoms with Gasteiger partial charge in [-0.25, -0.2) is 4.79 Å². The number of rotatable bonds is 4. The van der Waals surface area contributed by atoms with E-state index in [2.05, 4.69) is 5.32 Å². The third-order valence-electron chi connectivity index (χ3n) is 3.69. The molecule has 2 amide bonds. The van der Waals surface area contributed by atoms with Gasteiger partial charge in [-0.15, -0.1) is 0 Å². The summed E-state index contributed by atoms with van der Waals surface area (Å²) in [7, 11) is 0. The molecular weight excluding hydrogens is 324 g/mol. The van der Waals surface area contributed by atoms with Crippen molar-refractivity contribution in [3.8, 4) is 5.75 Å². The number of hydrogen-bond donors (Lipinski definition) is 2. The van der Waals surface area contributed by atoms with E-state index in [0.29, 0.717) is 32.7 Å². The monoisotopic (exact) mass is 350 g/mol. The summed E-state index contributed by atoms with van der Waals surface area (Å²) in [5.41, 5.74) is 0.190. The van der Waals surface area contributed by atoms with Crippen molar-refractivity contribution in [3.63, 3.8) is 0 Å². The Kier molecular flexibility index (Phi) is 6.25. The van der Waals surface area contributed by atoms with Crippen LogP contribution >= 0.6 is 0 Å². The molecule has 0 aliphatic carbocycles. The molecule has 0 aromatic heterocycles. The number of carbonyl (C=O) groups is 2. The lowest BCUT2D eigenvalue weighted by Gasteiger charge is -2.31. The maximum Gasteiger partial charge on any atom is 0.408 e. The summed E-state index contributed by atoms with van der Waals surface area (Å²) >= 11 is 0. The Balaban J connectivity index is 2.10. The quantitative estimate of drug-likeness (QED) is 0.863. The van der Waals surface area contributed by atoms with Gasteiger partial charge in [0.25, 0.3) is 0 Å². The lowest BCUT2D eigenvalue weighted by molar-refractivity contribution is -0.137. The molecule has 0 saturated carbocycles. The Morgan fingerprint density at radius 1 is 1.24 bits per heavy atom. The number of nitrogens with zero attached hydrogens (tertiary/aromatic N) is 1. The molecule has 25 heavy (non-hydrogen) atoms. The fourth-order valence-corrected chi connectivity index (χ4v) is 2.52. The van der Waals surface area contributed by atoms with Gasteiger partial charge in [0.2, 0.25) is 5.91 Å². The average molecular weight is 350 g/mol. The zero-order valence-electron chi connectivity index (χ0n) is 14.9. The van der Waals surface area contributed by atoms with Crippen molar-refractivity contribution < 1.29 is 24.2 Å². The Bertz CT molecular complexity index is 588. The second-order valence-corrected chi connectivity index (χ2v) is 7.01. The Labute approximate surface area is 147 Å². The molecule has 0 spiro atoms. The fraction of sp³-hybridized carbons (Fsp3) is 0.556. The highest BCUT2D eigenvalue weighted by Crippen LogP contribution is 2.14. The molecule has 2 N–H and O–H groups in total. The van der Waals surface area contributed by atoms with Gasteiger partial charge in [-0.2, -0.15) is 0 Å². The normalized spacial score (nSPS) is 16.2. The molecule has 0 radical (unpaired) electrons. The summed E-state index contributed by atoms with van der Waals surface area (Å²) in [5, 5.41) is 12.1. The summed E-state index contributed by atoms with van der Waals surface area (Å²) in [5.74, 6) is -0.0119. The van der Waals surface area contributed by atoms with Crippen LogP contribution in [0.3, 0.4) is 0 Å². The van der Waals surface area contributed by atoms with E-state index in [1.54, 1.807) is 49.9 Å². The van der Waals surface area contributed by atoms with Crippen molar-refractivity contribution in [1.82, 2.24) is 10.2 Å². The number of phenolic OH excluding ortho intramolecular Hbond substituents is 1. The smallest absolute Gasteiger partial charge is 0.408 e. The first-order valence-corrected chi connectivity index (χ1v) is 8.38. The van der Waals surface area contributed by atoms with Crippen LogP contribution in [0.25, 0.3) is 0 Å². The lowest BCUT2D eigenvalue weighted by atomic mass is 10.0. The Morgan fingerprint density at radius 2 is 1.84 bits per heavy atom. The van der Waals surface area contributed by atoms with Gasteiger partial charge in [0.1, 0.15) is 17.4 Å². The predicted octanol–water partition coefficient (Wildman–Crippen LogP) is 1.69. The van der Waals surface area contributed by atoms with Crippen LogP contribution in [0.1, 0.15) is 26.3 Å². The number of amides is 2. The van der Waals surface area contributed by atoms with E-state index in [1.807, 2.05) is 0 Å². The van der Waals surface area contributed by atoms with E-state index in [0.717, 1.165) is 5.56 Å². The molecule has 1 fully saturated rings. The van der Waals surface area contributed by atoms with Gasteiger partial charge in [0, 0.05) is 19.5 Å². The van der Waals surface area contributed by atoms with Gasteiger partial charge in [-0.3, -0.25) is 4.79 Å². The number of aromatic hydroxyl groups is 1. The van der Waals surface area contributed by atoms with E-state index in [9.17, 15) is 14.7 Å². The van der Waals surface area contributed by atoms with Crippen molar-refractivity contribution in [2.24, 2.45) is 0 Å². The minimum Gasteiger partial charge on any atom is -0.508 e. The summed E-state index contributed by atoms with van der Waals surface area (Å²) in [6.07, 6.45) is -0.312. The molecule has 2 rings (SSSR count). The molecule has 1 atom stereocenters. The molecule has 1 heterocycles. The van der Waals surface area contributed by atoms with E-state index in [1.165, 1.54) is 0 Å². The summed E-state index contributed by atoms with van der Waals surface area (Å²) in [6, 6.07) is 5.83. The van der Waals surface area contributed by atoms with Crippen molar-refractivity contribution in [1.29, 1.82) is 0 Å². The molecule has 1 aliphatic heterocycles. The lowest BCUT2D eigenvalue weighted by Crippen LogP contribution is -2.53. The molecule has 1 aromatic carbocycles. The van der Waals surface area contributed by atoms with Gasteiger partial charge in [-0.05, 0) is 38.5 Å². The molecular formula is C18H26N2O5. The SMILES string of the molecule is CC(C)(C)OC(=O)N[C@@H](Cc1ccc(O)cc1)C(=O)N1CCOCC1. The number of ether oxygens (including phenoxy) is 2. The number of alkyl carbamates (subject to hydrolysis) is 1. The minimum absolute atomic E-state index is 0.153. The highest BCUT2D eigenvalue weighted by molar-refractivity contribution is 5.86. The van der Waals surface area contributed by atoms with Crippen LogP contribution in [0, 0.1) is 0 Å². The highest BCUT2D eigenvalue weighted by Gasteiger charge is 2.29. The molecule has 1 saturated heterocycles. The fourth-order valence-electron chi connectivity index (χ4n) is 2.52. The number of morpholine rings is 1. The second-order valence-electron chi connectivity index (χ2n) is 7.01. The van der Waals surface area contributed by atoms with E-state index in [-0.39, 0.29) is 11.7 Å². The second kappa shape index (κ2) is 8.20. The predicted molar refractivity (Wildman–Crippen MR) is 92.4 cm³/mol. The largest absolute Gasteiger partial charge is 0.508 e. The van der Waals surface area contributed by atoms with Crippen molar-refractivity contribution in [3.05, 3.63) is 29.8 Å². The van der Waals surface area contributed by atoms with Crippen LogP contribution in [-0.4, -0.2) is 60.0 Å². The maximum absolute atomic E-state index is 12.8. The first-order valence-electron chi connectivity index (χ1n) is 8.38. The van der Waals surface area contributed by atoms with Crippen LogP contribution in [0.15, 0.2) is 24.3 Å². The Hall–Kier alpha value is -2.28. The van der Waals surface area contributed by atoms with Gasteiger partial charge >= 0.3 is 6.09 Å². The molecule has 0 bridgehead atoms. The third kappa shape index (κ3) is 6.26. The molecule has 1 aliphatic rings. The number of benzene rings is 1. The first kappa shape index (κ1) is 19.1. The molecule has 0 unspecified atom stereocenters. The van der Waals surface area contributed by atoms with E-state index < -0.39 is 17.7 Å². The molecule has 7 nitrogen and oxygen atoms in total. The van der Waals surface area contributed by atoms with E-state index >= 15 is 0 Å².